The van der Waals surface area contributed by atoms with Gasteiger partial charge >= 0.3 is 5.69 Å². The number of nitrogens with one attached hydrogen (secondary N) is 1. The molecular formula is C12H16FN3O2. The van der Waals surface area contributed by atoms with Crippen LogP contribution in [0.2, 0.25) is 0 Å². The van der Waals surface area contributed by atoms with Gasteiger partial charge in [-0.1, -0.05) is 12.5 Å². The molecule has 1 aromatic carbocycles. The topological polar surface area (TPSA) is 81.2 Å². The number of hydrogen-bond acceptors (Lipinski definition) is 4. The summed E-state index contributed by atoms with van der Waals surface area (Å²) in [7, 11) is 0. The molecule has 0 spiro atoms. The summed E-state index contributed by atoms with van der Waals surface area (Å²) in [6.07, 6.45) is 2.97. The van der Waals surface area contributed by atoms with Gasteiger partial charge in [0.2, 0.25) is 5.82 Å². The highest BCUT2D eigenvalue weighted by Crippen LogP contribution is 2.32. The molecule has 2 rings (SSSR count). The van der Waals surface area contributed by atoms with Crippen LogP contribution in [0, 0.1) is 21.8 Å². The van der Waals surface area contributed by atoms with Crippen LogP contribution in [0.5, 0.6) is 0 Å². The normalized spacial score (nSPS) is 23.0. The van der Waals surface area contributed by atoms with Crippen LogP contribution >= 0.6 is 0 Å². The van der Waals surface area contributed by atoms with E-state index in [9.17, 15) is 14.5 Å². The zero-order valence-corrected chi connectivity index (χ0v) is 9.93. The highest BCUT2D eigenvalue weighted by atomic mass is 19.1. The SMILES string of the molecule is NCC1CCCC1Nc1cccc(F)c1[N+](=O)[O-]. The van der Waals surface area contributed by atoms with Crippen molar-refractivity contribution >= 4 is 11.4 Å². The highest BCUT2D eigenvalue weighted by Gasteiger charge is 2.29. The molecule has 0 amide bonds. The lowest BCUT2D eigenvalue weighted by molar-refractivity contribution is -0.386. The number of halogens is 1. The van der Waals surface area contributed by atoms with E-state index in [2.05, 4.69) is 5.32 Å². The van der Waals surface area contributed by atoms with Crippen molar-refractivity contribution in [2.75, 3.05) is 11.9 Å². The van der Waals surface area contributed by atoms with Crippen LogP contribution in [-0.4, -0.2) is 17.5 Å². The van der Waals surface area contributed by atoms with Gasteiger partial charge in [0, 0.05) is 6.04 Å². The van der Waals surface area contributed by atoms with E-state index in [1.165, 1.54) is 12.1 Å². The molecule has 2 unspecified atom stereocenters. The third kappa shape index (κ3) is 2.43. The van der Waals surface area contributed by atoms with Gasteiger partial charge in [0.25, 0.3) is 0 Å². The van der Waals surface area contributed by atoms with E-state index in [0.29, 0.717) is 12.5 Å². The molecule has 0 radical (unpaired) electrons. The summed E-state index contributed by atoms with van der Waals surface area (Å²) in [5, 5.41) is 13.9. The molecule has 0 saturated heterocycles. The summed E-state index contributed by atoms with van der Waals surface area (Å²) in [4.78, 5) is 10.2. The zero-order chi connectivity index (χ0) is 13.1. The molecule has 1 aliphatic rings. The Morgan fingerprint density at radius 1 is 1.50 bits per heavy atom. The van der Waals surface area contributed by atoms with Gasteiger partial charge in [0.05, 0.1) is 4.92 Å². The zero-order valence-electron chi connectivity index (χ0n) is 9.93. The maximum Gasteiger partial charge on any atom is 0.327 e. The molecule has 98 valence electrons. The summed E-state index contributed by atoms with van der Waals surface area (Å²) in [5.74, 6) is -0.514. The third-order valence-corrected chi connectivity index (χ3v) is 3.47. The average molecular weight is 253 g/mol. The van der Waals surface area contributed by atoms with E-state index in [-0.39, 0.29) is 11.7 Å². The van der Waals surface area contributed by atoms with Gasteiger partial charge in [0.15, 0.2) is 0 Å². The molecule has 0 bridgehead atoms. The highest BCUT2D eigenvalue weighted by molar-refractivity contribution is 5.62. The number of benzene rings is 1. The number of rotatable bonds is 4. The molecule has 1 fully saturated rings. The Morgan fingerprint density at radius 2 is 2.28 bits per heavy atom. The standard InChI is InChI=1S/C12H16FN3O2/c13-9-4-2-6-11(12(9)16(17)18)15-10-5-1-3-8(10)7-14/h2,4,6,8,10,15H,1,3,5,7,14H2. The second kappa shape index (κ2) is 5.30. The molecule has 1 aromatic rings. The van der Waals surface area contributed by atoms with Gasteiger partial charge in [0.1, 0.15) is 5.69 Å². The summed E-state index contributed by atoms with van der Waals surface area (Å²) >= 11 is 0. The molecule has 0 aromatic heterocycles. The van der Waals surface area contributed by atoms with Crippen LogP contribution in [0.4, 0.5) is 15.8 Å². The summed E-state index contributed by atoms with van der Waals surface area (Å²) < 4.78 is 13.4. The molecule has 2 atom stereocenters. The summed E-state index contributed by atoms with van der Waals surface area (Å²) in [5.41, 5.74) is 5.41. The minimum atomic E-state index is -0.813. The molecule has 6 heteroatoms. The fourth-order valence-corrected chi connectivity index (χ4v) is 2.53. The largest absolute Gasteiger partial charge is 0.376 e. The van der Waals surface area contributed by atoms with Gasteiger partial charge in [-0.15, -0.1) is 0 Å². The molecule has 5 nitrogen and oxygen atoms in total. The van der Waals surface area contributed by atoms with E-state index in [4.69, 9.17) is 5.73 Å². The quantitative estimate of drug-likeness (QED) is 0.637. The number of nitro benzene ring substituents is 1. The molecule has 3 N–H and O–H groups in total. The van der Waals surface area contributed by atoms with Crippen molar-refractivity contribution in [2.45, 2.75) is 25.3 Å². The summed E-state index contributed by atoms with van der Waals surface area (Å²) in [6.45, 7) is 0.542. The second-order valence-electron chi connectivity index (χ2n) is 4.57. The first-order valence-corrected chi connectivity index (χ1v) is 6.03. The minimum absolute atomic E-state index is 0.0931. The fraction of sp³-hybridized carbons (Fsp3) is 0.500. The van der Waals surface area contributed by atoms with E-state index in [1.54, 1.807) is 0 Å². The maximum atomic E-state index is 13.4. The van der Waals surface area contributed by atoms with Crippen LogP contribution in [0.3, 0.4) is 0 Å². The Bertz CT molecular complexity index is 453. The van der Waals surface area contributed by atoms with Crippen molar-refractivity contribution in [3.63, 3.8) is 0 Å². The van der Waals surface area contributed by atoms with Crippen molar-refractivity contribution in [3.05, 3.63) is 34.1 Å². The number of nitrogens with zero attached hydrogens (tertiary/aromatic N) is 1. The van der Waals surface area contributed by atoms with Crippen LogP contribution in [0.1, 0.15) is 19.3 Å². The number of nitro groups is 1. The monoisotopic (exact) mass is 253 g/mol. The minimum Gasteiger partial charge on any atom is -0.376 e. The Labute approximate surface area is 104 Å². The predicted molar refractivity (Wildman–Crippen MR) is 66.9 cm³/mol. The van der Waals surface area contributed by atoms with Crippen LogP contribution < -0.4 is 11.1 Å². The van der Waals surface area contributed by atoms with Gasteiger partial charge in [-0.05, 0) is 37.4 Å². The van der Waals surface area contributed by atoms with E-state index in [1.807, 2.05) is 0 Å². The lowest BCUT2D eigenvalue weighted by atomic mass is 10.0. The fourth-order valence-electron chi connectivity index (χ4n) is 2.53. The van der Waals surface area contributed by atoms with Crippen molar-refractivity contribution in [3.8, 4) is 0 Å². The lowest BCUT2D eigenvalue weighted by Crippen LogP contribution is -2.29. The van der Waals surface area contributed by atoms with Crippen molar-refractivity contribution in [1.82, 2.24) is 0 Å². The Kier molecular flexibility index (Phi) is 3.76. The number of nitrogens with two attached hydrogens (primary N) is 1. The van der Waals surface area contributed by atoms with E-state index >= 15 is 0 Å². The molecule has 0 aliphatic heterocycles. The molecule has 0 heterocycles. The van der Waals surface area contributed by atoms with Crippen LogP contribution in [0.25, 0.3) is 0 Å². The van der Waals surface area contributed by atoms with Gasteiger partial charge in [-0.2, -0.15) is 4.39 Å². The third-order valence-electron chi connectivity index (χ3n) is 3.47. The maximum absolute atomic E-state index is 13.4. The first-order valence-electron chi connectivity index (χ1n) is 6.03. The lowest BCUT2D eigenvalue weighted by Gasteiger charge is -2.20. The van der Waals surface area contributed by atoms with Gasteiger partial charge in [-0.25, -0.2) is 0 Å². The first-order chi connectivity index (χ1) is 8.63. The van der Waals surface area contributed by atoms with E-state index in [0.717, 1.165) is 25.3 Å². The molecule has 1 saturated carbocycles. The smallest absolute Gasteiger partial charge is 0.327 e. The second-order valence-corrected chi connectivity index (χ2v) is 4.57. The summed E-state index contributed by atoms with van der Waals surface area (Å²) in [6, 6.07) is 4.19. The van der Waals surface area contributed by atoms with Crippen LogP contribution in [-0.2, 0) is 0 Å². The number of hydrogen-bond donors (Lipinski definition) is 2. The van der Waals surface area contributed by atoms with Crippen molar-refractivity contribution < 1.29 is 9.31 Å². The van der Waals surface area contributed by atoms with Crippen molar-refractivity contribution in [2.24, 2.45) is 11.7 Å². The van der Waals surface area contributed by atoms with Gasteiger partial charge < -0.3 is 11.1 Å². The van der Waals surface area contributed by atoms with Crippen molar-refractivity contribution in [1.29, 1.82) is 0 Å². The molecule has 18 heavy (non-hydrogen) atoms. The molecular weight excluding hydrogens is 237 g/mol. The number of anilines is 1. The first kappa shape index (κ1) is 12.8. The predicted octanol–water partition coefficient (Wildman–Crippen LogP) is 2.27. The van der Waals surface area contributed by atoms with Gasteiger partial charge in [-0.3, -0.25) is 10.1 Å². The Morgan fingerprint density at radius 3 is 2.94 bits per heavy atom. The average Bonchev–Trinajstić information content (AvgIpc) is 2.76. The van der Waals surface area contributed by atoms with E-state index < -0.39 is 16.4 Å². The Balaban J connectivity index is 2.23. The van der Waals surface area contributed by atoms with Crippen LogP contribution in [0.15, 0.2) is 18.2 Å². The Hall–Kier alpha value is -1.69. The molecule has 1 aliphatic carbocycles. The number of para-hydroxylation sites is 1.